The zero-order chi connectivity index (χ0) is 13.7. The summed E-state index contributed by atoms with van der Waals surface area (Å²) in [6.45, 7) is 1.94. The number of aromatic nitrogens is 1. The van der Waals surface area contributed by atoms with E-state index in [9.17, 15) is 13.6 Å². The van der Waals surface area contributed by atoms with Crippen LogP contribution < -0.4 is 5.73 Å². The molecular formula is C11H13BrF2N2O2. The summed E-state index contributed by atoms with van der Waals surface area (Å²) in [5, 5.41) is 0.243. The monoisotopic (exact) mass is 322 g/mol. The lowest BCUT2D eigenvalue weighted by Gasteiger charge is -2.11. The van der Waals surface area contributed by atoms with Gasteiger partial charge in [-0.15, -0.1) is 0 Å². The zero-order valence-corrected chi connectivity index (χ0v) is 11.3. The largest absolute Gasteiger partial charge is 0.466 e. The first-order valence-corrected chi connectivity index (χ1v) is 6.39. The van der Waals surface area contributed by atoms with E-state index in [1.807, 2.05) is 0 Å². The Hall–Kier alpha value is -1.24. The first kappa shape index (κ1) is 14.8. The number of hydrogen-bond acceptors (Lipinski definition) is 4. The third-order valence-corrected chi connectivity index (χ3v) is 2.77. The molecule has 0 aliphatic heterocycles. The van der Waals surface area contributed by atoms with Crippen LogP contribution in [0.25, 0.3) is 0 Å². The predicted molar refractivity (Wildman–Crippen MR) is 66.6 cm³/mol. The minimum atomic E-state index is -2.69. The molecule has 0 fully saturated rings. The summed E-state index contributed by atoms with van der Waals surface area (Å²) in [5.74, 6) is -0.460. The lowest BCUT2D eigenvalue weighted by molar-refractivity contribution is -0.142. The molecule has 0 saturated heterocycles. The molecule has 0 bridgehead atoms. The van der Waals surface area contributed by atoms with E-state index in [0.29, 0.717) is 11.3 Å². The number of nitrogens with zero attached hydrogens (tertiary/aromatic N) is 1. The molecule has 1 rings (SSSR count). The number of rotatable bonds is 5. The van der Waals surface area contributed by atoms with Crippen molar-refractivity contribution in [1.82, 2.24) is 4.98 Å². The van der Waals surface area contributed by atoms with Gasteiger partial charge in [0, 0.05) is 16.6 Å². The Labute approximate surface area is 112 Å². The molecule has 0 saturated carbocycles. The number of anilines is 1. The maximum absolute atomic E-state index is 12.6. The summed E-state index contributed by atoms with van der Waals surface area (Å²) in [5.41, 5.74) is 6.17. The molecule has 0 aliphatic carbocycles. The number of carbonyl (C=O) groups excluding carboxylic acids is 1. The normalized spacial score (nSPS) is 10.7. The smallest absolute Gasteiger partial charge is 0.310 e. The number of nitrogen functional groups attached to an aromatic ring is 1. The fourth-order valence-corrected chi connectivity index (χ4v) is 1.92. The molecule has 1 aromatic heterocycles. The molecule has 100 valence electrons. The van der Waals surface area contributed by atoms with Crippen molar-refractivity contribution in [3.8, 4) is 0 Å². The van der Waals surface area contributed by atoms with Crippen LogP contribution in [0.4, 0.5) is 14.5 Å². The molecule has 2 N–H and O–H groups in total. The van der Waals surface area contributed by atoms with Crippen LogP contribution in [-0.4, -0.2) is 17.6 Å². The van der Waals surface area contributed by atoms with Crippen LogP contribution in [0.1, 0.15) is 30.3 Å². The van der Waals surface area contributed by atoms with Crippen molar-refractivity contribution < 1.29 is 18.3 Å². The maximum atomic E-state index is 12.6. The molecule has 0 aliphatic rings. The topological polar surface area (TPSA) is 65.2 Å². The average Bonchev–Trinajstić information content (AvgIpc) is 2.31. The van der Waals surface area contributed by atoms with Gasteiger partial charge in [-0.2, -0.15) is 0 Å². The summed E-state index contributed by atoms with van der Waals surface area (Å²) in [6, 6.07) is 1.09. The number of hydrogen-bond donors (Lipinski definition) is 1. The minimum Gasteiger partial charge on any atom is -0.466 e. The van der Waals surface area contributed by atoms with Gasteiger partial charge in [0.1, 0.15) is 5.69 Å². The number of alkyl halides is 3. The molecule has 0 amide bonds. The predicted octanol–water partition coefficient (Wildman–Crippen LogP) is 2.60. The zero-order valence-electron chi connectivity index (χ0n) is 9.75. The average molecular weight is 323 g/mol. The van der Waals surface area contributed by atoms with E-state index in [1.54, 1.807) is 6.92 Å². The number of nitrogens with two attached hydrogens (primary N) is 1. The molecule has 1 aromatic rings. The first-order chi connectivity index (χ1) is 8.49. The van der Waals surface area contributed by atoms with Crippen LogP contribution in [0, 0.1) is 0 Å². The Balaban J connectivity index is 3.07. The Morgan fingerprint density at radius 2 is 2.28 bits per heavy atom. The summed E-state index contributed by atoms with van der Waals surface area (Å²) in [7, 11) is 0. The third kappa shape index (κ3) is 3.63. The molecule has 4 nitrogen and oxygen atoms in total. The lowest BCUT2D eigenvalue weighted by Crippen LogP contribution is -2.13. The number of esters is 1. The van der Waals surface area contributed by atoms with Gasteiger partial charge in [-0.25, -0.2) is 8.78 Å². The highest BCUT2D eigenvalue weighted by Gasteiger charge is 2.18. The number of halogens is 3. The van der Waals surface area contributed by atoms with Crippen LogP contribution in [-0.2, 0) is 21.3 Å². The summed E-state index contributed by atoms with van der Waals surface area (Å²) >= 11 is 3.14. The highest BCUT2D eigenvalue weighted by atomic mass is 79.9. The molecule has 0 unspecified atom stereocenters. The van der Waals surface area contributed by atoms with Crippen molar-refractivity contribution in [1.29, 1.82) is 0 Å². The quantitative estimate of drug-likeness (QED) is 0.668. The van der Waals surface area contributed by atoms with E-state index < -0.39 is 18.1 Å². The summed E-state index contributed by atoms with van der Waals surface area (Å²) in [4.78, 5) is 15.2. The standard InChI is InChI=1S/C11H13BrF2N2O2/c1-2-18-10(17)3-6-7(15)4-8(11(13)14)16-9(6)5-12/h4,11H,2-3,5H2,1H3,(H2,15,16). The van der Waals surface area contributed by atoms with Crippen molar-refractivity contribution in [3.05, 3.63) is 23.0 Å². The van der Waals surface area contributed by atoms with Crippen LogP contribution >= 0.6 is 15.9 Å². The molecular weight excluding hydrogens is 310 g/mol. The number of carbonyl (C=O) groups is 1. The van der Waals surface area contributed by atoms with Crippen LogP contribution in [0.2, 0.25) is 0 Å². The fraction of sp³-hybridized carbons (Fsp3) is 0.455. The third-order valence-electron chi connectivity index (χ3n) is 2.24. The van der Waals surface area contributed by atoms with Crippen LogP contribution in [0.5, 0.6) is 0 Å². The van der Waals surface area contributed by atoms with Crippen molar-refractivity contribution in [2.75, 3.05) is 12.3 Å². The van der Waals surface area contributed by atoms with Crippen LogP contribution in [0.3, 0.4) is 0 Å². The molecule has 0 spiro atoms. The summed E-state index contributed by atoms with van der Waals surface area (Å²) in [6.07, 6.45) is -2.77. The first-order valence-electron chi connectivity index (χ1n) is 5.27. The fourth-order valence-electron chi connectivity index (χ4n) is 1.45. The second-order valence-corrected chi connectivity index (χ2v) is 4.04. The van der Waals surface area contributed by atoms with E-state index >= 15 is 0 Å². The van der Waals surface area contributed by atoms with E-state index in [2.05, 4.69) is 20.9 Å². The number of ether oxygens (including phenoxy) is 1. The lowest BCUT2D eigenvalue weighted by atomic mass is 10.1. The van der Waals surface area contributed by atoms with Gasteiger partial charge in [-0.3, -0.25) is 9.78 Å². The minimum absolute atomic E-state index is 0.0723. The summed E-state index contributed by atoms with van der Waals surface area (Å²) < 4.78 is 29.9. The van der Waals surface area contributed by atoms with Gasteiger partial charge < -0.3 is 10.5 Å². The van der Waals surface area contributed by atoms with E-state index in [0.717, 1.165) is 6.07 Å². The molecule has 0 radical (unpaired) electrons. The number of pyridine rings is 1. The molecule has 1 heterocycles. The van der Waals surface area contributed by atoms with E-state index in [1.165, 1.54) is 0 Å². The van der Waals surface area contributed by atoms with Crippen molar-refractivity contribution >= 4 is 27.6 Å². The Kier molecular flexibility index (Phi) is 5.46. The van der Waals surface area contributed by atoms with Crippen molar-refractivity contribution in [2.45, 2.75) is 25.1 Å². The van der Waals surface area contributed by atoms with Gasteiger partial charge in [-0.05, 0) is 13.0 Å². The van der Waals surface area contributed by atoms with E-state index in [-0.39, 0.29) is 24.0 Å². The molecule has 0 atom stereocenters. The van der Waals surface area contributed by atoms with E-state index in [4.69, 9.17) is 10.5 Å². The highest BCUT2D eigenvalue weighted by Crippen LogP contribution is 2.25. The Morgan fingerprint density at radius 1 is 1.61 bits per heavy atom. The van der Waals surface area contributed by atoms with Crippen LogP contribution in [0.15, 0.2) is 6.07 Å². The molecule has 18 heavy (non-hydrogen) atoms. The van der Waals surface area contributed by atoms with Crippen molar-refractivity contribution in [3.63, 3.8) is 0 Å². The Bertz CT molecular complexity index is 441. The van der Waals surface area contributed by atoms with Gasteiger partial charge in [0.2, 0.25) is 0 Å². The SMILES string of the molecule is CCOC(=O)Cc1c(N)cc(C(F)F)nc1CBr. The second-order valence-electron chi connectivity index (χ2n) is 3.48. The van der Waals surface area contributed by atoms with Gasteiger partial charge in [0.25, 0.3) is 6.43 Å². The molecule has 0 aromatic carbocycles. The van der Waals surface area contributed by atoms with Gasteiger partial charge in [-0.1, -0.05) is 15.9 Å². The molecule has 7 heteroatoms. The van der Waals surface area contributed by atoms with Crippen molar-refractivity contribution in [2.24, 2.45) is 0 Å². The maximum Gasteiger partial charge on any atom is 0.310 e. The Morgan fingerprint density at radius 3 is 2.78 bits per heavy atom. The van der Waals surface area contributed by atoms with Gasteiger partial charge in [0.05, 0.1) is 18.7 Å². The van der Waals surface area contributed by atoms with Gasteiger partial charge >= 0.3 is 5.97 Å². The second kappa shape index (κ2) is 6.63. The highest BCUT2D eigenvalue weighted by molar-refractivity contribution is 9.08. The van der Waals surface area contributed by atoms with Gasteiger partial charge in [0.15, 0.2) is 0 Å².